The molecule has 3 heteroatoms. The van der Waals surface area contributed by atoms with Crippen LogP contribution in [0.2, 0.25) is 0 Å². The molecule has 0 spiro atoms. The van der Waals surface area contributed by atoms with Crippen molar-refractivity contribution in [3.05, 3.63) is 0 Å². The van der Waals surface area contributed by atoms with E-state index in [1.165, 1.54) is 19.3 Å². The van der Waals surface area contributed by atoms with Crippen LogP contribution in [0.15, 0.2) is 0 Å². The van der Waals surface area contributed by atoms with Crippen LogP contribution in [0.25, 0.3) is 0 Å². The third kappa shape index (κ3) is 2.51. The van der Waals surface area contributed by atoms with E-state index >= 15 is 0 Å². The Balaban J connectivity index is 1.90. The van der Waals surface area contributed by atoms with E-state index in [-0.39, 0.29) is 6.04 Å². The quantitative estimate of drug-likeness (QED) is 0.760. The van der Waals surface area contributed by atoms with Crippen LogP contribution in [-0.4, -0.2) is 36.5 Å². The lowest BCUT2D eigenvalue weighted by molar-refractivity contribution is -0.138. The standard InChI is InChI=1S/C12H22N2O/c1-9(8-10-5-6-10)14-7-3-4-11(13-2)12(14)15/h9-11,13H,3-8H2,1-2H3. The van der Waals surface area contributed by atoms with Crippen molar-refractivity contribution < 1.29 is 4.79 Å². The SMILES string of the molecule is CNC1CCCN(C(C)CC2CC2)C1=O. The Hall–Kier alpha value is -0.570. The Bertz CT molecular complexity index is 238. The van der Waals surface area contributed by atoms with E-state index in [4.69, 9.17) is 0 Å². The molecule has 1 saturated carbocycles. The number of nitrogens with zero attached hydrogens (tertiary/aromatic N) is 1. The van der Waals surface area contributed by atoms with Crippen LogP contribution < -0.4 is 5.32 Å². The van der Waals surface area contributed by atoms with Gasteiger partial charge in [-0.3, -0.25) is 4.79 Å². The molecular formula is C12H22N2O. The molecule has 0 aromatic heterocycles. The highest BCUT2D eigenvalue weighted by Gasteiger charge is 2.33. The predicted octanol–water partition coefficient (Wildman–Crippen LogP) is 1.39. The van der Waals surface area contributed by atoms with E-state index in [1.807, 2.05) is 7.05 Å². The zero-order valence-corrected chi connectivity index (χ0v) is 9.83. The maximum atomic E-state index is 12.1. The maximum absolute atomic E-state index is 12.1. The molecule has 1 saturated heterocycles. The van der Waals surface area contributed by atoms with Gasteiger partial charge in [0.1, 0.15) is 0 Å². The van der Waals surface area contributed by atoms with Gasteiger partial charge in [-0.2, -0.15) is 0 Å². The predicted molar refractivity (Wildman–Crippen MR) is 60.6 cm³/mol. The third-order valence-electron chi connectivity index (χ3n) is 3.72. The molecule has 0 bridgehead atoms. The number of rotatable bonds is 4. The van der Waals surface area contributed by atoms with E-state index in [1.54, 1.807) is 0 Å². The van der Waals surface area contributed by atoms with Crippen molar-refractivity contribution in [1.29, 1.82) is 0 Å². The van der Waals surface area contributed by atoms with Gasteiger partial charge in [-0.05, 0) is 39.2 Å². The number of likely N-dealkylation sites (N-methyl/N-ethyl adjacent to an activating group) is 1. The van der Waals surface area contributed by atoms with Crippen LogP contribution in [0.1, 0.15) is 39.0 Å². The van der Waals surface area contributed by atoms with E-state index in [9.17, 15) is 4.79 Å². The number of carbonyl (C=O) groups is 1. The van der Waals surface area contributed by atoms with Crippen LogP contribution in [0, 0.1) is 5.92 Å². The van der Waals surface area contributed by atoms with Crippen molar-refractivity contribution in [3.8, 4) is 0 Å². The highest BCUT2D eigenvalue weighted by atomic mass is 16.2. The Kier molecular flexibility index (Phi) is 3.29. The Morgan fingerprint density at radius 3 is 2.80 bits per heavy atom. The van der Waals surface area contributed by atoms with Crippen LogP contribution in [0.3, 0.4) is 0 Å². The molecule has 1 heterocycles. The molecule has 1 aliphatic heterocycles. The number of hydrogen-bond acceptors (Lipinski definition) is 2. The maximum Gasteiger partial charge on any atom is 0.239 e. The second-order valence-electron chi connectivity index (χ2n) is 5.04. The minimum atomic E-state index is 0.0698. The summed E-state index contributed by atoms with van der Waals surface area (Å²) in [5.74, 6) is 1.22. The molecule has 1 N–H and O–H groups in total. The average molecular weight is 210 g/mol. The fourth-order valence-electron chi connectivity index (χ4n) is 2.57. The molecule has 3 nitrogen and oxygen atoms in total. The van der Waals surface area contributed by atoms with E-state index in [0.29, 0.717) is 11.9 Å². The molecule has 15 heavy (non-hydrogen) atoms. The normalized spacial score (nSPS) is 29.3. The first-order valence-corrected chi connectivity index (χ1v) is 6.20. The molecule has 0 aromatic carbocycles. The monoisotopic (exact) mass is 210 g/mol. The molecule has 2 aliphatic rings. The van der Waals surface area contributed by atoms with Crippen molar-refractivity contribution in [2.75, 3.05) is 13.6 Å². The summed E-state index contributed by atoms with van der Waals surface area (Å²) in [6, 6.07) is 0.515. The first kappa shape index (κ1) is 10.9. The summed E-state index contributed by atoms with van der Waals surface area (Å²) in [5.41, 5.74) is 0. The fraction of sp³-hybridized carbons (Fsp3) is 0.917. The van der Waals surface area contributed by atoms with Crippen molar-refractivity contribution in [2.45, 2.75) is 51.1 Å². The minimum Gasteiger partial charge on any atom is -0.339 e. The third-order valence-corrected chi connectivity index (χ3v) is 3.72. The number of amides is 1. The average Bonchev–Trinajstić information content (AvgIpc) is 3.02. The van der Waals surface area contributed by atoms with Crippen molar-refractivity contribution in [1.82, 2.24) is 10.2 Å². The van der Waals surface area contributed by atoms with Gasteiger partial charge in [0, 0.05) is 12.6 Å². The first-order valence-electron chi connectivity index (χ1n) is 6.20. The van der Waals surface area contributed by atoms with E-state index in [0.717, 1.165) is 25.3 Å². The summed E-state index contributed by atoms with van der Waals surface area (Å²) in [4.78, 5) is 14.1. The molecule has 2 fully saturated rings. The second-order valence-corrected chi connectivity index (χ2v) is 5.04. The summed E-state index contributed by atoms with van der Waals surface area (Å²) in [5, 5.41) is 3.12. The number of likely N-dealkylation sites (tertiary alicyclic amines) is 1. The highest BCUT2D eigenvalue weighted by Crippen LogP contribution is 2.35. The summed E-state index contributed by atoms with van der Waals surface area (Å²) in [6.45, 7) is 3.17. The van der Waals surface area contributed by atoms with Gasteiger partial charge in [0.25, 0.3) is 0 Å². The topological polar surface area (TPSA) is 32.3 Å². The van der Waals surface area contributed by atoms with E-state index < -0.39 is 0 Å². The Labute approximate surface area is 92.2 Å². The van der Waals surface area contributed by atoms with Gasteiger partial charge >= 0.3 is 0 Å². The van der Waals surface area contributed by atoms with Crippen LogP contribution in [0.5, 0.6) is 0 Å². The lowest BCUT2D eigenvalue weighted by Gasteiger charge is -2.36. The Morgan fingerprint density at radius 1 is 1.47 bits per heavy atom. The molecule has 2 atom stereocenters. The molecular weight excluding hydrogens is 188 g/mol. The minimum absolute atomic E-state index is 0.0698. The molecule has 1 aliphatic carbocycles. The number of carbonyl (C=O) groups excluding carboxylic acids is 1. The number of nitrogens with one attached hydrogen (secondary N) is 1. The van der Waals surface area contributed by atoms with Gasteiger partial charge < -0.3 is 10.2 Å². The molecule has 0 aromatic rings. The molecule has 86 valence electrons. The summed E-state index contributed by atoms with van der Waals surface area (Å²) in [6.07, 6.45) is 6.11. The number of hydrogen-bond donors (Lipinski definition) is 1. The van der Waals surface area contributed by atoms with Gasteiger partial charge in [0.15, 0.2) is 0 Å². The van der Waals surface area contributed by atoms with Gasteiger partial charge in [-0.25, -0.2) is 0 Å². The van der Waals surface area contributed by atoms with Crippen molar-refractivity contribution >= 4 is 5.91 Å². The molecule has 2 rings (SSSR count). The van der Waals surface area contributed by atoms with Crippen molar-refractivity contribution in [3.63, 3.8) is 0 Å². The first-order chi connectivity index (χ1) is 7.22. The highest BCUT2D eigenvalue weighted by molar-refractivity contribution is 5.82. The summed E-state index contributed by atoms with van der Waals surface area (Å²) in [7, 11) is 1.89. The van der Waals surface area contributed by atoms with Crippen LogP contribution in [-0.2, 0) is 4.79 Å². The lowest BCUT2D eigenvalue weighted by Crippen LogP contribution is -2.52. The smallest absolute Gasteiger partial charge is 0.239 e. The van der Waals surface area contributed by atoms with Crippen LogP contribution >= 0.6 is 0 Å². The van der Waals surface area contributed by atoms with Gasteiger partial charge in [0.2, 0.25) is 5.91 Å². The van der Waals surface area contributed by atoms with Crippen LogP contribution in [0.4, 0.5) is 0 Å². The largest absolute Gasteiger partial charge is 0.339 e. The summed E-state index contributed by atoms with van der Waals surface area (Å²) >= 11 is 0. The van der Waals surface area contributed by atoms with Crippen molar-refractivity contribution in [2.24, 2.45) is 5.92 Å². The number of piperidine rings is 1. The molecule has 1 amide bonds. The lowest BCUT2D eigenvalue weighted by atomic mass is 10.0. The molecule has 2 unspecified atom stereocenters. The van der Waals surface area contributed by atoms with Gasteiger partial charge in [0.05, 0.1) is 6.04 Å². The van der Waals surface area contributed by atoms with Gasteiger partial charge in [-0.15, -0.1) is 0 Å². The zero-order chi connectivity index (χ0) is 10.8. The van der Waals surface area contributed by atoms with E-state index in [2.05, 4.69) is 17.1 Å². The zero-order valence-electron chi connectivity index (χ0n) is 9.83. The molecule has 0 radical (unpaired) electrons. The van der Waals surface area contributed by atoms with Gasteiger partial charge in [-0.1, -0.05) is 12.8 Å². The fourth-order valence-corrected chi connectivity index (χ4v) is 2.57. The Morgan fingerprint density at radius 2 is 2.20 bits per heavy atom. The second kappa shape index (κ2) is 4.52. The summed E-state index contributed by atoms with van der Waals surface area (Å²) < 4.78 is 0.